The molecule has 2 saturated heterocycles. The molecule has 11 amide bonds. The van der Waals surface area contributed by atoms with Gasteiger partial charge in [-0.05, 0) is 88.0 Å². The molecule has 2 aliphatic rings. The number of likely N-dealkylation sites (tertiary alicyclic amines) is 2. The number of carbonyl (C=O) groups excluding carboxylic acids is 11. The normalized spacial score (nSPS) is 19.1. The van der Waals surface area contributed by atoms with Gasteiger partial charge in [-0.2, -0.15) is 0 Å². The van der Waals surface area contributed by atoms with E-state index < -0.39 is 138 Å². The van der Waals surface area contributed by atoms with Gasteiger partial charge in [-0.3, -0.25) is 57.7 Å². The van der Waals surface area contributed by atoms with E-state index in [4.69, 9.17) is 14.2 Å². The van der Waals surface area contributed by atoms with Gasteiger partial charge in [0.05, 0.1) is 63.4 Å². The SMILES string of the molecule is CCCCCC(C)(I)SC1CC(=O)N(CCC(=O)N[C@H](C)C(=O)N[C@@H](C)C(=O)N[C@@H](CO)C(=O)Nc2ccc(COC(=O)N(C)[C@H](C(=O)N[C@H](C(=O)N(C)[C@@H]([C@@H](C)CC)[C@@H](CC(=O)N3CCC[C@H]3[C@H](OC)[C@@H](C)C(=O)N[C@H](C)[C@@H](O)c3ccccc3)OC)C(C)C)C(C)C)cc2)C1=O. The first-order valence-electron chi connectivity index (χ1n) is 34.1. The first-order valence-corrected chi connectivity index (χ1v) is 36.1. The van der Waals surface area contributed by atoms with Crippen LogP contribution >= 0.6 is 34.4 Å². The number of ether oxygens (including phenoxy) is 3. The largest absolute Gasteiger partial charge is 0.445 e. The van der Waals surface area contributed by atoms with Crippen molar-refractivity contribution in [3.8, 4) is 0 Å². The van der Waals surface area contributed by atoms with Gasteiger partial charge >= 0.3 is 6.09 Å². The van der Waals surface area contributed by atoms with Crippen LogP contribution in [0.1, 0.15) is 165 Å². The second kappa shape index (κ2) is 40.1. The number of hydrogen-bond donors (Lipinski definition) is 8. The first kappa shape index (κ1) is 83.9. The fourth-order valence-electron chi connectivity index (χ4n) is 12.4. The zero-order valence-electron chi connectivity index (χ0n) is 60.0. The molecular weight excluding hydrogens is 1400 g/mol. The minimum Gasteiger partial charge on any atom is -0.445 e. The number of methoxy groups -OCH3 is 2. The number of nitrogens with zero attached hydrogens (tertiary/aromatic N) is 4. The van der Waals surface area contributed by atoms with Crippen molar-refractivity contribution in [1.82, 2.24) is 46.2 Å². The maximum atomic E-state index is 14.8. The van der Waals surface area contributed by atoms with Crippen LogP contribution in [-0.4, -0.2) is 212 Å². The number of alkyl halides is 1. The van der Waals surface area contributed by atoms with Gasteiger partial charge in [0.1, 0.15) is 36.8 Å². The first-order chi connectivity index (χ1) is 46.2. The van der Waals surface area contributed by atoms with Crippen molar-refractivity contribution in [2.45, 2.75) is 229 Å². The summed E-state index contributed by atoms with van der Waals surface area (Å²) in [5, 5.41) is 36.4. The molecule has 2 aromatic carbocycles. The van der Waals surface area contributed by atoms with Crippen molar-refractivity contribution >= 4 is 105 Å². The van der Waals surface area contributed by atoms with E-state index in [0.29, 0.717) is 36.9 Å². The summed E-state index contributed by atoms with van der Waals surface area (Å²) in [6.07, 6.45) is 2.39. The number of likely N-dealkylation sites (N-methyl/N-ethyl adjacent to an activating group) is 2. The van der Waals surface area contributed by atoms with Gasteiger partial charge in [-0.15, -0.1) is 11.8 Å². The van der Waals surface area contributed by atoms with E-state index >= 15 is 0 Å². The molecule has 0 aromatic heterocycles. The van der Waals surface area contributed by atoms with E-state index in [2.05, 4.69) is 61.4 Å². The quantitative estimate of drug-likeness (QED) is 0.0165. The number of hydrogen-bond acceptors (Lipinski definition) is 17. The molecule has 2 aliphatic heterocycles. The molecule has 0 bridgehead atoms. The number of rotatable bonds is 39. The third-order valence-electron chi connectivity index (χ3n) is 18.4. The second-order valence-electron chi connectivity index (χ2n) is 26.8. The zero-order valence-corrected chi connectivity index (χ0v) is 63.0. The average molecular weight is 1510 g/mol. The second-order valence-corrected chi connectivity index (χ2v) is 31.6. The summed E-state index contributed by atoms with van der Waals surface area (Å²) in [6.45, 7) is 20.6. The van der Waals surface area contributed by atoms with Gasteiger partial charge in [0.15, 0.2) is 0 Å². The summed E-state index contributed by atoms with van der Waals surface area (Å²) in [4.78, 5) is 155. The lowest BCUT2D eigenvalue weighted by molar-refractivity contribution is -0.148. The van der Waals surface area contributed by atoms with Crippen molar-refractivity contribution < 1.29 is 77.2 Å². The number of imide groups is 1. The number of nitrogens with one attached hydrogen (secondary N) is 6. The summed E-state index contributed by atoms with van der Waals surface area (Å²) >= 11 is 3.78. The number of carbonyl (C=O) groups is 11. The minimum atomic E-state index is -1.45. The van der Waals surface area contributed by atoms with Crippen LogP contribution in [0.2, 0.25) is 0 Å². The Morgan fingerprint density at radius 1 is 0.765 bits per heavy atom. The molecule has 2 aromatic rings. The smallest absolute Gasteiger partial charge is 0.410 e. The molecule has 2 heterocycles. The number of aliphatic hydroxyl groups excluding tert-OH is 2. The number of unbranched alkanes of at least 4 members (excludes halogenated alkanes) is 2. The van der Waals surface area contributed by atoms with Gasteiger partial charge in [-0.1, -0.05) is 146 Å². The molecule has 0 aliphatic carbocycles. The molecule has 15 atom stereocenters. The summed E-state index contributed by atoms with van der Waals surface area (Å²) < 4.78 is 17.5. The van der Waals surface area contributed by atoms with E-state index in [1.807, 2.05) is 39.0 Å². The highest BCUT2D eigenvalue weighted by atomic mass is 127. The van der Waals surface area contributed by atoms with Gasteiger partial charge in [-0.25, -0.2) is 4.79 Å². The van der Waals surface area contributed by atoms with Gasteiger partial charge in [0.2, 0.25) is 59.1 Å². The minimum absolute atomic E-state index is 0.0482. The molecule has 28 heteroatoms. The van der Waals surface area contributed by atoms with Gasteiger partial charge in [0.25, 0.3) is 0 Å². The van der Waals surface area contributed by atoms with E-state index in [9.17, 15) is 63.0 Å². The zero-order chi connectivity index (χ0) is 73.5. The van der Waals surface area contributed by atoms with Crippen LogP contribution in [0, 0.1) is 23.7 Å². The lowest BCUT2D eigenvalue weighted by Crippen LogP contribution is -2.60. The summed E-state index contributed by atoms with van der Waals surface area (Å²) in [6, 6.07) is 7.54. The number of aliphatic hydroxyl groups is 2. The van der Waals surface area contributed by atoms with Gasteiger partial charge in [0, 0.05) is 59.9 Å². The number of thioether (sulfide) groups is 1. The molecule has 0 saturated carbocycles. The lowest BCUT2D eigenvalue weighted by atomic mass is 9.89. The summed E-state index contributed by atoms with van der Waals surface area (Å²) in [5.74, 6) is -7.00. The fourth-order valence-corrected chi connectivity index (χ4v) is 15.0. The number of benzene rings is 2. The number of amides is 11. The number of anilines is 1. The van der Waals surface area contributed by atoms with Crippen LogP contribution in [0.15, 0.2) is 54.6 Å². The van der Waals surface area contributed by atoms with Crippen molar-refractivity contribution in [2.75, 3.05) is 53.3 Å². The molecule has 98 heavy (non-hydrogen) atoms. The molecule has 8 N–H and O–H groups in total. The van der Waals surface area contributed by atoms with E-state index in [1.165, 1.54) is 59.0 Å². The van der Waals surface area contributed by atoms with Crippen LogP contribution in [0.3, 0.4) is 0 Å². The predicted molar refractivity (Wildman–Crippen MR) is 382 cm³/mol. The highest BCUT2D eigenvalue weighted by molar-refractivity contribution is 14.1. The molecule has 26 nitrogen and oxygen atoms in total. The Morgan fingerprint density at radius 3 is 1.98 bits per heavy atom. The maximum absolute atomic E-state index is 14.8. The Kier molecular flexibility index (Phi) is 34.3. The van der Waals surface area contributed by atoms with Crippen LogP contribution in [0.4, 0.5) is 10.5 Å². The molecule has 2 unspecified atom stereocenters. The van der Waals surface area contributed by atoms with E-state index in [1.54, 1.807) is 82.7 Å². The molecular formula is C70H109IN10O16S. The van der Waals surface area contributed by atoms with Gasteiger partial charge < -0.3 is 66.1 Å². The predicted octanol–water partition coefficient (Wildman–Crippen LogP) is 5.99. The van der Waals surface area contributed by atoms with E-state index in [0.717, 1.165) is 35.5 Å². The number of halogens is 1. The maximum Gasteiger partial charge on any atom is 0.410 e. The Hall–Kier alpha value is -6.47. The standard InChI is InChI=1S/C70H109IN10O16S/c1-17-19-23-33-70(12,71)98-53-37-56(85)81(67(53)92)35-32-54(83)72-45(10)63(88)74-46(11)64(89)76-50(38-82)65(90)75-49-30-28-47(29-31-49)39-97-69(94)79(14)58(41(5)6)66(91)77-57(40(3)4)68(93)78(13)59(42(7)18-2)52(95-15)36-55(84)80-34-24-27-51(80)61(96-16)43(8)62(87)73-44(9)60(86)48-25-21-20-22-26-48/h20-22,25-26,28-31,40-46,50-53,57-61,82,86H,17-19,23-24,27,32-39H2,1-16H3,(H,72,83)(H,73,87)(H,74,88)(H,75,90)(H,76,89)(H,77,91)/t42-,43+,44+,45+,46-,50-,51-,52+,53?,57-,58-,59-,60+,61+,70?/m0/s1. The molecule has 548 valence electrons. The monoisotopic (exact) mass is 1500 g/mol. The van der Waals surface area contributed by atoms with Crippen LogP contribution in [-0.2, 0) is 68.8 Å². The van der Waals surface area contributed by atoms with E-state index in [-0.39, 0.29) is 70.4 Å². The van der Waals surface area contributed by atoms with Crippen LogP contribution in [0.5, 0.6) is 0 Å². The molecule has 0 radical (unpaired) electrons. The Labute approximate surface area is 596 Å². The Bertz CT molecular complexity index is 3000. The Balaban J connectivity index is 1.29. The molecule has 4 rings (SSSR count). The highest BCUT2D eigenvalue weighted by Gasteiger charge is 2.45. The van der Waals surface area contributed by atoms with Crippen molar-refractivity contribution in [3.05, 3.63) is 65.7 Å². The van der Waals surface area contributed by atoms with Crippen molar-refractivity contribution in [2.24, 2.45) is 23.7 Å². The fraction of sp³-hybridized carbons (Fsp3) is 0.671. The third-order valence-corrected chi connectivity index (χ3v) is 21.0. The molecule has 2 fully saturated rings. The topological polar surface area (TPSA) is 341 Å². The summed E-state index contributed by atoms with van der Waals surface area (Å²) in [5.41, 5.74) is 1.42. The van der Waals surface area contributed by atoms with Crippen LogP contribution < -0.4 is 31.9 Å². The van der Waals surface area contributed by atoms with Crippen molar-refractivity contribution in [3.63, 3.8) is 0 Å². The van der Waals surface area contributed by atoms with Crippen molar-refractivity contribution in [1.29, 1.82) is 0 Å². The lowest BCUT2D eigenvalue weighted by Gasteiger charge is -2.41. The average Bonchev–Trinajstić information content (AvgIpc) is 1.51. The highest BCUT2D eigenvalue weighted by Crippen LogP contribution is 2.43. The summed E-state index contributed by atoms with van der Waals surface area (Å²) in [7, 11) is 6.05. The Morgan fingerprint density at radius 2 is 1.40 bits per heavy atom. The molecule has 0 spiro atoms. The third kappa shape index (κ3) is 24.1. The van der Waals surface area contributed by atoms with Crippen LogP contribution in [0.25, 0.3) is 0 Å².